The van der Waals surface area contributed by atoms with Crippen molar-refractivity contribution in [2.45, 2.75) is 31.8 Å². The zero-order chi connectivity index (χ0) is 24.5. The van der Waals surface area contributed by atoms with Gasteiger partial charge >= 0.3 is 5.97 Å². The highest BCUT2D eigenvalue weighted by Crippen LogP contribution is 2.43. The molecule has 0 saturated carbocycles. The molecule has 1 aliphatic heterocycles. The molecule has 1 aliphatic rings. The molecular weight excluding hydrogens is 458 g/mol. The van der Waals surface area contributed by atoms with Crippen LogP contribution in [-0.2, 0) is 0 Å². The Morgan fingerprint density at radius 1 is 1.06 bits per heavy atom. The molecule has 176 valence electrons. The Balaban J connectivity index is 1.57. The van der Waals surface area contributed by atoms with Gasteiger partial charge in [-0.2, -0.15) is 0 Å². The Morgan fingerprint density at radius 3 is 2.54 bits per heavy atom. The van der Waals surface area contributed by atoms with Gasteiger partial charge in [0, 0.05) is 17.4 Å². The van der Waals surface area contributed by atoms with Crippen LogP contribution in [0.5, 0.6) is 0 Å². The number of nitrogens with zero attached hydrogens (tertiary/aromatic N) is 2. The van der Waals surface area contributed by atoms with Crippen LogP contribution in [-0.4, -0.2) is 21.2 Å². The Labute approximate surface area is 209 Å². The van der Waals surface area contributed by atoms with E-state index in [0.717, 1.165) is 11.4 Å². The maximum atomic E-state index is 11.4. The maximum absolute atomic E-state index is 11.4. The van der Waals surface area contributed by atoms with Gasteiger partial charge in [-0.05, 0) is 72.2 Å². The quantitative estimate of drug-likeness (QED) is 0.310. The molecule has 0 radical (unpaired) electrons. The maximum Gasteiger partial charge on any atom is 0.335 e. The minimum absolute atomic E-state index is 0.211. The molecule has 0 aliphatic carbocycles. The number of aromatic carboxylic acids is 1. The fourth-order valence-corrected chi connectivity index (χ4v) is 4.76. The third kappa shape index (κ3) is 4.42. The summed E-state index contributed by atoms with van der Waals surface area (Å²) < 4.78 is 6.34. The molecule has 35 heavy (non-hydrogen) atoms. The van der Waals surface area contributed by atoms with Crippen LogP contribution in [0.4, 0.5) is 5.69 Å². The van der Waals surface area contributed by atoms with Gasteiger partial charge in [-0.3, -0.25) is 4.98 Å². The largest absolute Gasteiger partial charge is 0.478 e. The SMILES string of the molecule is CC(C)c1ccc(N2C(=S)N[C@H](c3ccccn3)[C@H]2c2ccc(-c3cccc(C(=O)O)c3)o2)cc1. The first-order valence-corrected chi connectivity index (χ1v) is 11.9. The highest BCUT2D eigenvalue weighted by molar-refractivity contribution is 7.80. The van der Waals surface area contributed by atoms with Gasteiger partial charge in [0.25, 0.3) is 0 Å². The summed E-state index contributed by atoms with van der Waals surface area (Å²) in [6.07, 6.45) is 1.77. The third-order valence-electron chi connectivity index (χ3n) is 6.25. The summed E-state index contributed by atoms with van der Waals surface area (Å²) in [4.78, 5) is 18.1. The predicted molar refractivity (Wildman–Crippen MR) is 140 cm³/mol. The summed E-state index contributed by atoms with van der Waals surface area (Å²) in [5.41, 5.74) is 3.98. The summed E-state index contributed by atoms with van der Waals surface area (Å²) in [6, 6.07) is 24.2. The van der Waals surface area contributed by atoms with Crippen molar-refractivity contribution in [2.24, 2.45) is 0 Å². The van der Waals surface area contributed by atoms with E-state index in [2.05, 4.69) is 53.3 Å². The standard InChI is InChI=1S/C28H25N3O3S/c1-17(2)18-9-11-21(12-10-18)31-26(25(30-28(31)35)22-8-3-4-15-29-22)24-14-13-23(34-24)19-6-5-7-20(16-19)27(32)33/h3-17,25-26H,1-2H3,(H,30,35)(H,32,33)/t25-,26-/m1/s1. The number of anilines is 1. The smallest absolute Gasteiger partial charge is 0.335 e. The molecule has 0 bridgehead atoms. The van der Waals surface area contributed by atoms with Crippen molar-refractivity contribution < 1.29 is 14.3 Å². The van der Waals surface area contributed by atoms with Crippen molar-refractivity contribution in [3.63, 3.8) is 0 Å². The fraction of sp³-hybridized carbons (Fsp3) is 0.179. The van der Waals surface area contributed by atoms with Crippen molar-refractivity contribution in [3.05, 3.63) is 108 Å². The average Bonchev–Trinajstić information content (AvgIpc) is 3.49. The second kappa shape index (κ2) is 9.35. The van der Waals surface area contributed by atoms with Crippen LogP contribution in [0.2, 0.25) is 0 Å². The van der Waals surface area contributed by atoms with Crippen LogP contribution in [0.1, 0.15) is 59.2 Å². The van der Waals surface area contributed by atoms with Crippen molar-refractivity contribution in [1.29, 1.82) is 0 Å². The molecule has 1 saturated heterocycles. The van der Waals surface area contributed by atoms with Crippen LogP contribution in [0, 0.1) is 0 Å². The Kier molecular flexibility index (Phi) is 6.09. The lowest BCUT2D eigenvalue weighted by molar-refractivity contribution is 0.0697. The first-order chi connectivity index (χ1) is 16.9. The van der Waals surface area contributed by atoms with Gasteiger partial charge in [0.05, 0.1) is 17.3 Å². The second-order valence-corrected chi connectivity index (χ2v) is 9.22. The molecule has 2 atom stereocenters. The predicted octanol–water partition coefficient (Wildman–Crippen LogP) is 6.34. The Hall–Kier alpha value is -3.97. The molecule has 0 amide bonds. The van der Waals surface area contributed by atoms with E-state index in [4.69, 9.17) is 16.6 Å². The van der Waals surface area contributed by atoms with Gasteiger partial charge in [0.15, 0.2) is 5.11 Å². The number of aromatic nitrogens is 1. The van der Waals surface area contributed by atoms with E-state index < -0.39 is 5.97 Å². The zero-order valence-corrected chi connectivity index (χ0v) is 20.2. The molecule has 3 heterocycles. The molecule has 2 aromatic carbocycles. The number of carbonyl (C=O) groups is 1. The number of thiocarbonyl (C=S) groups is 1. The van der Waals surface area contributed by atoms with Crippen molar-refractivity contribution in [1.82, 2.24) is 10.3 Å². The zero-order valence-electron chi connectivity index (χ0n) is 19.4. The number of nitrogens with one attached hydrogen (secondary N) is 1. The molecular formula is C28H25N3O3S. The molecule has 0 spiro atoms. The van der Waals surface area contributed by atoms with Gasteiger partial charge in [0.2, 0.25) is 0 Å². The summed E-state index contributed by atoms with van der Waals surface area (Å²) in [6.45, 7) is 4.33. The minimum Gasteiger partial charge on any atom is -0.478 e. The van der Waals surface area contributed by atoms with E-state index in [1.807, 2.05) is 36.4 Å². The second-order valence-electron chi connectivity index (χ2n) is 8.83. The van der Waals surface area contributed by atoms with Crippen LogP contribution in [0.15, 0.2) is 89.5 Å². The van der Waals surface area contributed by atoms with E-state index in [0.29, 0.717) is 28.1 Å². The van der Waals surface area contributed by atoms with Crippen molar-refractivity contribution in [2.75, 3.05) is 4.90 Å². The number of rotatable bonds is 6. The first kappa shape index (κ1) is 22.8. The molecule has 5 rings (SSSR count). The number of pyridine rings is 1. The summed E-state index contributed by atoms with van der Waals surface area (Å²) in [7, 11) is 0. The summed E-state index contributed by atoms with van der Waals surface area (Å²) >= 11 is 5.79. The number of carboxylic acid groups (broad SMARTS) is 1. The van der Waals surface area contributed by atoms with Gasteiger partial charge in [-0.1, -0.05) is 44.2 Å². The van der Waals surface area contributed by atoms with Gasteiger partial charge < -0.3 is 19.7 Å². The molecule has 6 nitrogen and oxygen atoms in total. The lowest BCUT2D eigenvalue weighted by Crippen LogP contribution is -2.29. The van der Waals surface area contributed by atoms with Crippen molar-refractivity contribution >= 4 is 29.0 Å². The van der Waals surface area contributed by atoms with Crippen LogP contribution < -0.4 is 10.2 Å². The summed E-state index contributed by atoms with van der Waals surface area (Å²) in [5.74, 6) is 0.752. The van der Waals surface area contributed by atoms with Crippen LogP contribution in [0.3, 0.4) is 0 Å². The molecule has 1 fully saturated rings. The van der Waals surface area contributed by atoms with Crippen LogP contribution >= 0.6 is 12.2 Å². The fourth-order valence-electron chi connectivity index (χ4n) is 4.41. The Morgan fingerprint density at radius 2 is 1.86 bits per heavy atom. The first-order valence-electron chi connectivity index (χ1n) is 11.5. The van der Waals surface area contributed by atoms with E-state index >= 15 is 0 Å². The number of benzene rings is 2. The van der Waals surface area contributed by atoms with E-state index in [1.54, 1.807) is 24.4 Å². The van der Waals surface area contributed by atoms with E-state index in [-0.39, 0.29) is 17.6 Å². The molecule has 2 N–H and O–H groups in total. The number of hydrogen-bond donors (Lipinski definition) is 2. The summed E-state index contributed by atoms with van der Waals surface area (Å²) in [5, 5.41) is 13.4. The number of carboxylic acids is 1. The van der Waals surface area contributed by atoms with Crippen LogP contribution in [0.25, 0.3) is 11.3 Å². The molecule has 4 aromatic rings. The lowest BCUT2D eigenvalue weighted by Gasteiger charge is -2.26. The average molecular weight is 484 g/mol. The molecule has 7 heteroatoms. The van der Waals surface area contributed by atoms with E-state index in [1.165, 1.54) is 5.56 Å². The molecule has 2 aromatic heterocycles. The normalized spacial score (nSPS) is 17.6. The monoisotopic (exact) mass is 483 g/mol. The van der Waals surface area contributed by atoms with Gasteiger partial charge in [-0.25, -0.2) is 4.79 Å². The Bertz CT molecular complexity index is 1370. The minimum atomic E-state index is -0.977. The van der Waals surface area contributed by atoms with Gasteiger partial charge in [0.1, 0.15) is 17.6 Å². The highest BCUT2D eigenvalue weighted by Gasteiger charge is 2.42. The van der Waals surface area contributed by atoms with Gasteiger partial charge in [-0.15, -0.1) is 0 Å². The molecule has 0 unspecified atom stereocenters. The topological polar surface area (TPSA) is 78.6 Å². The third-order valence-corrected chi connectivity index (χ3v) is 6.56. The highest BCUT2D eigenvalue weighted by atomic mass is 32.1. The number of hydrogen-bond acceptors (Lipinski definition) is 4. The van der Waals surface area contributed by atoms with Crippen molar-refractivity contribution in [3.8, 4) is 11.3 Å². The number of furan rings is 1. The van der Waals surface area contributed by atoms with E-state index in [9.17, 15) is 9.90 Å². The lowest BCUT2D eigenvalue weighted by atomic mass is 10.0.